The predicted molar refractivity (Wildman–Crippen MR) is 59.2 cm³/mol. The lowest BCUT2D eigenvalue weighted by Crippen LogP contribution is -2.05. The number of nitrogen functional groups attached to an aromatic ring is 1. The molecule has 2 N–H and O–H groups in total. The van der Waals surface area contributed by atoms with E-state index in [9.17, 15) is 10.1 Å². The van der Waals surface area contributed by atoms with Gasteiger partial charge in [-0.3, -0.25) is 15.1 Å². The molecule has 0 fully saturated rings. The second kappa shape index (κ2) is 3.89. The molecule has 7 nitrogen and oxygen atoms in total. The molecule has 0 aromatic carbocycles. The zero-order valence-electron chi connectivity index (χ0n) is 8.45. The number of anilines is 1. The van der Waals surface area contributed by atoms with Crippen LogP contribution in [0.25, 0.3) is 0 Å². The van der Waals surface area contributed by atoms with Gasteiger partial charge < -0.3 is 5.73 Å². The van der Waals surface area contributed by atoms with Crippen LogP contribution in [0.2, 0.25) is 0 Å². The van der Waals surface area contributed by atoms with Crippen LogP contribution in [0.5, 0.6) is 0 Å². The van der Waals surface area contributed by atoms with Crippen molar-refractivity contribution in [1.29, 1.82) is 0 Å². The van der Waals surface area contributed by atoms with Crippen LogP contribution in [-0.2, 0) is 6.54 Å². The molecule has 0 atom stereocenters. The first-order valence-corrected chi connectivity index (χ1v) is 5.32. The van der Waals surface area contributed by atoms with Crippen molar-refractivity contribution in [2.45, 2.75) is 13.5 Å². The molecule has 0 amide bonds. The lowest BCUT2D eigenvalue weighted by molar-refractivity contribution is -0.384. The quantitative estimate of drug-likeness (QED) is 0.640. The van der Waals surface area contributed by atoms with E-state index in [1.807, 2.05) is 0 Å². The molecule has 0 saturated heterocycles. The van der Waals surface area contributed by atoms with Gasteiger partial charge in [0.05, 0.1) is 17.0 Å². The topological polar surface area (TPSA) is 99.9 Å². The summed E-state index contributed by atoms with van der Waals surface area (Å²) in [7, 11) is 0. The number of hydrogen-bond donors (Lipinski definition) is 1. The molecule has 84 valence electrons. The molecule has 0 bridgehead atoms. The molecular formula is C8H9N5O2S. The van der Waals surface area contributed by atoms with E-state index in [0.717, 1.165) is 4.88 Å². The summed E-state index contributed by atoms with van der Waals surface area (Å²) in [6, 6.07) is 0. The first-order valence-electron chi connectivity index (χ1n) is 4.44. The highest BCUT2D eigenvalue weighted by atomic mass is 32.1. The molecule has 16 heavy (non-hydrogen) atoms. The number of nitrogens with zero attached hydrogens (tertiary/aromatic N) is 4. The van der Waals surface area contributed by atoms with Gasteiger partial charge in [0.25, 0.3) is 0 Å². The summed E-state index contributed by atoms with van der Waals surface area (Å²) in [4.78, 5) is 15.1. The molecule has 8 heteroatoms. The molecular weight excluding hydrogens is 230 g/mol. The predicted octanol–water partition coefficient (Wildman–Crippen LogP) is 1.19. The van der Waals surface area contributed by atoms with Gasteiger partial charge in [0.1, 0.15) is 5.69 Å². The fourth-order valence-corrected chi connectivity index (χ4v) is 1.98. The number of thiazole rings is 1. The van der Waals surface area contributed by atoms with Gasteiger partial charge in [-0.15, -0.1) is 11.3 Å². The van der Waals surface area contributed by atoms with Crippen LogP contribution in [0, 0.1) is 17.0 Å². The summed E-state index contributed by atoms with van der Waals surface area (Å²) in [5.74, 6) is 0.0795. The Morgan fingerprint density at radius 1 is 1.69 bits per heavy atom. The Balaban J connectivity index is 2.36. The highest BCUT2D eigenvalue weighted by Gasteiger charge is 2.22. The van der Waals surface area contributed by atoms with Crippen LogP contribution < -0.4 is 5.73 Å². The highest BCUT2D eigenvalue weighted by Crippen LogP contribution is 2.25. The van der Waals surface area contributed by atoms with Crippen LogP contribution >= 0.6 is 11.3 Å². The van der Waals surface area contributed by atoms with Gasteiger partial charge in [-0.25, -0.2) is 4.68 Å². The third-order valence-corrected chi connectivity index (χ3v) is 2.87. The molecule has 0 spiro atoms. The number of aryl methyl sites for hydroxylation is 1. The number of nitro groups is 1. The Morgan fingerprint density at radius 3 is 2.94 bits per heavy atom. The van der Waals surface area contributed by atoms with Gasteiger partial charge in [-0.1, -0.05) is 0 Å². The lowest BCUT2D eigenvalue weighted by atomic mass is 10.4. The van der Waals surface area contributed by atoms with Crippen LogP contribution in [0.3, 0.4) is 0 Å². The van der Waals surface area contributed by atoms with Crippen molar-refractivity contribution in [3.05, 3.63) is 32.4 Å². The summed E-state index contributed by atoms with van der Waals surface area (Å²) < 4.78 is 1.42. The van der Waals surface area contributed by atoms with Crippen molar-refractivity contribution in [2.75, 3.05) is 5.73 Å². The molecule has 2 heterocycles. The van der Waals surface area contributed by atoms with Crippen molar-refractivity contribution in [1.82, 2.24) is 14.8 Å². The minimum absolute atomic E-state index is 0.0795. The molecule has 0 radical (unpaired) electrons. The van der Waals surface area contributed by atoms with Gasteiger partial charge in [0, 0.05) is 11.1 Å². The number of rotatable bonds is 3. The smallest absolute Gasteiger partial charge is 0.333 e. The number of nitrogens with two attached hydrogens (primary N) is 1. The third kappa shape index (κ3) is 1.74. The Labute approximate surface area is 94.7 Å². The molecule has 2 aromatic heterocycles. The van der Waals surface area contributed by atoms with Crippen molar-refractivity contribution in [3.63, 3.8) is 0 Å². The summed E-state index contributed by atoms with van der Waals surface area (Å²) in [5, 5.41) is 14.8. The lowest BCUT2D eigenvalue weighted by Gasteiger charge is -1.99. The minimum atomic E-state index is -0.513. The van der Waals surface area contributed by atoms with Gasteiger partial charge in [0.2, 0.25) is 5.82 Å². The molecule has 2 rings (SSSR count). The van der Waals surface area contributed by atoms with Crippen molar-refractivity contribution in [3.8, 4) is 0 Å². The molecule has 0 aliphatic heterocycles. The van der Waals surface area contributed by atoms with Gasteiger partial charge in [-0.2, -0.15) is 5.10 Å². The van der Waals surface area contributed by atoms with E-state index in [-0.39, 0.29) is 11.5 Å². The summed E-state index contributed by atoms with van der Waals surface area (Å²) >= 11 is 1.45. The average molecular weight is 239 g/mol. The van der Waals surface area contributed by atoms with E-state index in [4.69, 9.17) is 5.73 Å². The molecule has 0 aliphatic rings. The van der Waals surface area contributed by atoms with E-state index in [0.29, 0.717) is 12.2 Å². The van der Waals surface area contributed by atoms with Crippen LogP contribution in [0.1, 0.15) is 10.6 Å². The van der Waals surface area contributed by atoms with Crippen molar-refractivity contribution in [2.24, 2.45) is 0 Å². The maximum absolute atomic E-state index is 10.7. The first kappa shape index (κ1) is 10.6. The van der Waals surface area contributed by atoms with Crippen molar-refractivity contribution >= 4 is 22.8 Å². The molecule has 0 unspecified atom stereocenters. The number of hydrogen-bond acceptors (Lipinski definition) is 6. The largest absolute Gasteiger partial charge is 0.378 e. The second-order valence-electron chi connectivity index (χ2n) is 3.20. The molecule has 0 saturated carbocycles. The Morgan fingerprint density at radius 2 is 2.44 bits per heavy atom. The van der Waals surface area contributed by atoms with Gasteiger partial charge in [0.15, 0.2) is 0 Å². The normalized spacial score (nSPS) is 10.6. The Kier molecular flexibility index (Phi) is 2.57. The maximum atomic E-state index is 10.7. The summed E-state index contributed by atoms with van der Waals surface area (Å²) in [6.07, 6.45) is 1.69. The SMILES string of the molecule is Cc1nn(Cc2cncs2)c(N)c1[N+](=O)[O-]. The summed E-state index contributed by atoms with van der Waals surface area (Å²) in [6.45, 7) is 1.98. The Hall–Kier alpha value is -1.96. The first-order chi connectivity index (χ1) is 7.59. The Bertz CT molecular complexity index is 519. The van der Waals surface area contributed by atoms with Gasteiger partial charge in [-0.05, 0) is 6.92 Å². The highest BCUT2D eigenvalue weighted by molar-refractivity contribution is 7.09. The number of aromatic nitrogens is 3. The molecule has 2 aromatic rings. The fraction of sp³-hybridized carbons (Fsp3) is 0.250. The van der Waals surface area contributed by atoms with Crippen LogP contribution in [0.4, 0.5) is 11.5 Å². The zero-order valence-corrected chi connectivity index (χ0v) is 9.27. The average Bonchev–Trinajstić information content (AvgIpc) is 2.76. The maximum Gasteiger partial charge on any atom is 0.333 e. The van der Waals surface area contributed by atoms with Crippen LogP contribution in [-0.4, -0.2) is 19.7 Å². The fourth-order valence-electron chi connectivity index (χ4n) is 1.40. The van der Waals surface area contributed by atoms with Crippen LogP contribution in [0.15, 0.2) is 11.7 Å². The molecule has 0 aliphatic carbocycles. The van der Waals surface area contributed by atoms with Crippen molar-refractivity contribution < 1.29 is 4.92 Å². The summed E-state index contributed by atoms with van der Waals surface area (Å²) in [5.41, 5.74) is 7.56. The second-order valence-corrected chi connectivity index (χ2v) is 4.17. The minimum Gasteiger partial charge on any atom is -0.378 e. The van der Waals surface area contributed by atoms with E-state index in [2.05, 4.69) is 10.1 Å². The van der Waals surface area contributed by atoms with Gasteiger partial charge >= 0.3 is 5.69 Å². The third-order valence-electron chi connectivity index (χ3n) is 2.11. The van der Waals surface area contributed by atoms with E-state index in [1.165, 1.54) is 16.0 Å². The van der Waals surface area contributed by atoms with E-state index >= 15 is 0 Å². The van der Waals surface area contributed by atoms with E-state index in [1.54, 1.807) is 18.6 Å². The monoisotopic (exact) mass is 239 g/mol. The van der Waals surface area contributed by atoms with E-state index < -0.39 is 4.92 Å². The zero-order chi connectivity index (χ0) is 11.7. The standard InChI is InChI=1S/C8H9N5O2S/c1-5-7(13(14)15)8(9)12(11-5)3-6-2-10-4-16-6/h2,4H,3,9H2,1H3.